The number of amides is 1. The van der Waals surface area contributed by atoms with E-state index in [-0.39, 0.29) is 23.5 Å². The van der Waals surface area contributed by atoms with Crippen molar-refractivity contribution in [1.29, 1.82) is 0 Å². The molecule has 1 fully saturated rings. The third-order valence-corrected chi connectivity index (χ3v) is 6.72. The van der Waals surface area contributed by atoms with Crippen LogP contribution in [-0.2, 0) is 0 Å². The van der Waals surface area contributed by atoms with Crippen molar-refractivity contribution in [2.24, 2.45) is 0 Å². The van der Waals surface area contributed by atoms with E-state index in [1.54, 1.807) is 17.0 Å². The number of rotatable bonds is 5. The molecule has 0 spiro atoms. The first-order chi connectivity index (χ1) is 16.9. The van der Waals surface area contributed by atoms with Crippen LogP contribution in [0.3, 0.4) is 0 Å². The average molecular weight is 492 g/mol. The smallest absolute Gasteiger partial charge is 0.293 e. The van der Waals surface area contributed by atoms with Crippen molar-refractivity contribution in [2.45, 2.75) is 26.7 Å². The Kier molecular flexibility index (Phi) is 6.29. The van der Waals surface area contributed by atoms with Gasteiger partial charge in [0.1, 0.15) is 17.5 Å². The Morgan fingerprint density at radius 3 is 2.51 bits per heavy atom. The lowest BCUT2D eigenvalue weighted by atomic mass is 10.2. The lowest BCUT2D eigenvalue weighted by Gasteiger charge is -2.35. The molecule has 0 aliphatic carbocycles. The van der Waals surface area contributed by atoms with Crippen molar-refractivity contribution in [3.63, 3.8) is 0 Å². The quantitative estimate of drug-likeness (QED) is 0.414. The standard InChI is InChI=1S/C25H26FN7OS/c1-16(2)22-27-17(3)14-21(28-22)31-9-11-32(12-10-31)25(34)23-29-24(20-8-5-13-35-20)33(30-23)19-7-4-6-18(26)15-19/h4-8,13-16H,9-12H2,1-3H3. The van der Waals surface area contributed by atoms with Gasteiger partial charge in [-0.05, 0) is 36.6 Å². The zero-order valence-electron chi connectivity index (χ0n) is 19.8. The van der Waals surface area contributed by atoms with Crippen LogP contribution < -0.4 is 4.90 Å². The molecule has 10 heteroatoms. The van der Waals surface area contributed by atoms with Gasteiger partial charge in [-0.25, -0.2) is 24.0 Å². The van der Waals surface area contributed by atoms with E-state index in [0.717, 1.165) is 22.2 Å². The second kappa shape index (κ2) is 9.53. The number of aryl methyl sites for hydroxylation is 1. The van der Waals surface area contributed by atoms with Gasteiger partial charge in [0.25, 0.3) is 5.91 Å². The average Bonchev–Trinajstić information content (AvgIpc) is 3.53. The van der Waals surface area contributed by atoms with E-state index in [1.165, 1.54) is 28.2 Å². The summed E-state index contributed by atoms with van der Waals surface area (Å²) >= 11 is 1.49. The number of aromatic nitrogens is 5. The summed E-state index contributed by atoms with van der Waals surface area (Å²) in [7, 11) is 0. The summed E-state index contributed by atoms with van der Waals surface area (Å²) in [6, 6.07) is 11.9. The minimum absolute atomic E-state index is 0.103. The fraction of sp³-hybridized carbons (Fsp3) is 0.320. The van der Waals surface area contributed by atoms with Gasteiger partial charge in [0.15, 0.2) is 5.82 Å². The second-order valence-corrected chi connectivity index (χ2v) is 9.74. The lowest BCUT2D eigenvalue weighted by Crippen LogP contribution is -2.49. The number of carbonyl (C=O) groups is 1. The lowest BCUT2D eigenvalue weighted by molar-refractivity contribution is 0.0734. The summed E-state index contributed by atoms with van der Waals surface area (Å²) in [6.45, 7) is 8.50. The number of nitrogens with zero attached hydrogens (tertiary/aromatic N) is 7. The van der Waals surface area contributed by atoms with Crippen molar-refractivity contribution in [2.75, 3.05) is 31.1 Å². The molecular weight excluding hydrogens is 465 g/mol. The van der Waals surface area contributed by atoms with Crippen molar-refractivity contribution in [3.05, 3.63) is 71.0 Å². The van der Waals surface area contributed by atoms with Gasteiger partial charge in [0, 0.05) is 43.9 Å². The number of halogens is 1. The number of benzene rings is 1. The molecule has 0 bridgehead atoms. The van der Waals surface area contributed by atoms with Crippen molar-refractivity contribution in [3.8, 4) is 16.4 Å². The summed E-state index contributed by atoms with van der Waals surface area (Å²) < 4.78 is 15.4. The van der Waals surface area contributed by atoms with Crippen molar-refractivity contribution in [1.82, 2.24) is 29.6 Å². The van der Waals surface area contributed by atoms with Crippen LogP contribution in [-0.4, -0.2) is 61.7 Å². The predicted octanol–water partition coefficient (Wildman–Crippen LogP) is 4.32. The van der Waals surface area contributed by atoms with Gasteiger partial charge in [-0.3, -0.25) is 4.79 Å². The summed E-state index contributed by atoms with van der Waals surface area (Å²) in [5.74, 6) is 1.97. The fourth-order valence-corrected chi connectivity index (χ4v) is 4.73. The molecule has 0 N–H and O–H groups in total. The van der Waals surface area contributed by atoms with E-state index in [2.05, 4.69) is 33.8 Å². The molecule has 5 rings (SSSR count). The SMILES string of the molecule is Cc1cc(N2CCN(C(=O)c3nc(-c4cccs4)n(-c4cccc(F)c4)n3)CC2)nc(C(C)C)n1. The summed E-state index contributed by atoms with van der Waals surface area (Å²) in [4.78, 5) is 32.0. The summed E-state index contributed by atoms with van der Waals surface area (Å²) in [5.41, 5.74) is 1.45. The Morgan fingerprint density at radius 1 is 1.03 bits per heavy atom. The van der Waals surface area contributed by atoms with E-state index in [4.69, 9.17) is 4.98 Å². The number of hydrogen-bond donors (Lipinski definition) is 0. The fourth-order valence-electron chi connectivity index (χ4n) is 4.03. The van der Waals surface area contributed by atoms with Gasteiger partial charge >= 0.3 is 0 Å². The maximum absolute atomic E-state index is 13.9. The highest BCUT2D eigenvalue weighted by atomic mass is 32.1. The zero-order chi connectivity index (χ0) is 24.5. The van der Waals surface area contributed by atoms with Crippen LogP contribution >= 0.6 is 11.3 Å². The highest BCUT2D eigenvalue weighted by Gasteiger charge is 2.28. The first-order valence-corrected chi connectivity index (χ1v) is 12.4. The highest BCUT2D eigenvalue weighted by Crippen LogP contribution is 2.26. The molecule has 1 amide bonds. The van der Waals surface area contributed by atoms with Gasteiger partial charge in [-0.15, -0.1) is 16.4 Å². The van der Waals surface area contributed by atoms with Gasteiger partial charge in [0.05, 0.1) is 10.6 Å². The summed E-state index contributed by atoms with van der Waals surface area (Å²) in [5, 5.41) is 6.42. The van der Waals surface area contributed by atoms with E-state index in [0.29, 0.717) is 37.7 Å². The van der Waals surface area contributed by atoms with Crippen LogP contribution in [0.25, 0.3) is 16.4 Å². The minimum atomic E-state index is -0.375. The van der Waals surface area contributed by atoms with E-state index in [9.17, 15) is 9.18 Å². The highest BCUT2D eigenvalue weighted by molar-refractivity contribution is 7.13. The maximum Gasteiger partial charge on any atom is 0.293 e. The Labute approximate surface area is 207 Å². The molecule has 1 saturated heterocycles. The molecule has 0 unspecified atom stereocenters. The Morgan fingerprint density at radius 2 is 1.83 bits per heavy atom. The molecule has 1 aliphatic rings. The molecule has 35 heavy (non-hydrogen) atoms. The first kappa shape index (κ1) is 23.1. The Hall–Kier alpha value is -3.66. The number of carbonyl (C=O) groups excluding carboxylic acids is 1. The third-order valence-electron chi connectivity index (χ3n) is 5.86. The normalized spacial score (nSPS) is 14.1. The van der Waals surface area contributed by atoms with E-state index < -0.39 is 0 Å². The molecule has 4 aromatic rings. The van der Waals surface area contributed by atoms with E-state index in [1.807, 2.05) is 30.5 Å². The number of thiophene rings is 1. The monoisotopic (exact) mass is 491 g/mol. The molecule has 1 aliphatic heterocycles. The van der Waals surface area contributed by atoms with Crippen LogP contribution in [0.1, 0.15) is 41.9 Å². The minimum Gasteiger partial charge on any atom is -0.353 e. The molecule has 0 radical (unpaired) electrons. The van der Waals surface area contributed by atoms with Crippen molar-refractivity contribution < 1.29 is 9.18 Å². The van der Waals surface area contributed by atoms with Gasteiger partial charge < -0.3 is 9.80 Å². The van der Waals surface area contributed by atoms with Gasteiger partial charge in [-0.2, -0.15) is 0 Å². The van der Waals surface area contributed by atoms with Crippen LogP contribution in [0.4, 0.5) is 10.2 Å². The first-order valence-electron chi connectivity index (χ1n) is 11.6. The van der Waals surface area contributed by atoms with Crippen LogP contribution in [0.5, 0.6) is 0 Å². The predicted molar refractivity (Wildman–Crippen MR) is 134 cm³/mol. The summed E-state index contributed by atoms with van der Waals surface area (Å²) in [6.07, 6.45) is 0. The number of piperazine rings is 1. The third kappa shape index (κ3) is 4.79. The largest absolute Gasteiger partial charge is 0.353 e. The molecule has 180 valence electrons. The van der Waals surface area contributed by atoms with Crippen LogP contribution in [0, 0.1) is 12.7 Å². The van der Waals surface area contributed by atoms with Crippen LogP contribution in [0.15, 0.2) is 47.8 Å². The van der Waals surface area contributed by atoms with Crippen LogP contribution in [0.2, 0.25) is 0 Å². The molecular formula is C25H26FN7OS. The number of anilines is 1. The molecule has 4 heterocycles. The number of hydrogen-bond acceptors (Lipinski definition) is 7. The molecule has 3 aromatic heterocycles. The van der Waals surface area contributed by atoms with Crippen molar-refractivity contribution >= 4 is 23.1 Å². The zero-order valence-corrected chi connectivity index (χ0v) is 20.7. The molecule has 1 aromatic carbocycles. The molecule has 0 atom stereocenters. The van der Waals surface area contributed by atoms with Gasteiger partial charge in [0.2, 0.25) is 5.82 Å². The Bertz CT molecular complexity index is 1340. The maximum atomic E-state index is 13.9. The van der Waals surface area contributed by atoms with E-state index >= 15 is 0 Å². The second-order valence-electron chi connectivity index (χ2n) is 8.79. The Balaban J connectivity index is 1.37. The topological polar surface area (TPSA) is 80.0 Å². The molecule has 8 nitrogen and oxygen atoms in total. The van der Waals surface area contributed by atoms with Gasteiger partial charge in [-0.1, -0.05) is 26.0 Å². The molecule has 0 saturated carbocycles.